The van der Waals surface area contributed by atoms with Crippen LogP contribution in [-0.4, -0.2) is 25.8 Å². The number of aromatic hydroxyl groups is 1. The highest BCUT2D eigenvalue weighted by atomic mass is 16.3. The summed E-state index contributed by atoms with van der Waals surface area (Å²) in [5, 5.41) is 25.5. The van der Waals surface area contributed by atoms with Crippen molar-refractivity contribution in [3.63, 3.8) is 0 Å². The van der Waals surface area contributed by atoms with Gasteiger partial charge in [-0.25, -0.2) is 4.98 Å². The lowest BCUT2D eigenvalue weighted by molar-refractivity contribution is -0.115. The van der Waals surface area contributed by atoms with Crippen LogP contribution in [0.5, 0.6) is 11.5 Å². The van der Waals surface area contributed by atoms with Crippen molar-refractivity contribution in [1.29, 1.82) is 0 Å². The highest BCUT2D eigenvalue weighted by molar-refractivity contribution is 6.13. The molecule has 3 aromatic rings. The molecule has 1 aliphatic rings. The molecule has 0 aliphatic heterocycles. The number of Topliss-reactive ketones (excluding diaryl/α,β-unsaturated/α-hetero) is 1. The number of ketones is 1. The zero-order valence-corrected chi connectivity index (χ0v) is 34.6. The summed E-state index contributed by atoms with van der Waals surface area (Å²) in [5.41, 5.74) is 3.52. The summed E-state index contributed by atoms with van der Waals surface area (Å²) in [5.74, 6) is 2.37. The molecule has 0 saturated carbocycles. The summed E-state index contributed by atoms with van der Waals surface area (Å²) in [4.78, 5) is 29.3. The lowest BCUT2D eigenvalue weighted by Gasteiger charge is -2.28. The van der Waals surface area contributed by atoms with Gasteiger partial charge < -0.3 is 5.11 Å². The number of carbonyl (C=O) groups excluding carboxylic acids is 1. The molecule has 51 heavy (non-hydrogen) atoms. The molecule has 1 radical (unpaired) electrons. The highest BCUT2D eigenvalue weighted by Crippen LogP contribution is 2.46. The standard InChI is InChI=1S/C45H60N3O3/c1-40(2,3)28-19-25(20-29(34(28)49)41(4,5)6)37-46-38(26-21-30(42(7,8)9)35(50)31(22-26)43(10,11)12)48-39(47-37)27-23-32(44(13,14)15)36(51)33(24-27)45(16,17)18/h19-24H,1-18H3/p+1. The fourth-order valence-electron chi connectivity index (χ4n) is 6.41. The fraction of sp³-hybridized carbons (Fsp3) is 0.533. The first-order chi connectivity index (χ1) is 22.8. The van der Waals surface area contributed by atoms with Gasteiger partial charge in [0.25, 0.3) is 5.78 Å². The van der Waals surface area contributed by atoms with Gasteiger partial charge in [0, 0.05) is 44.2 Å². The SMILES string of the molecule is CC(C)(C)C1=CC(c2nc(-c3cc(C(C)(C)C)c([O])c(C(C)(C)C)c3)nc(-c3cc(C(C)(C)C)c(O)c(C(C)(C)C)c3)n2)=C[C+](C(C)(C)C)C1=O. The van der Waals surface area contributed by atoms with Crippen molar-refractivity contribution in [2.45, 2.75) is 146 Å². The molecule has 0 amide bonds. The third-order valence-corrected chi connectivity index (χ3v) is 9.55. The van der Waals surface area contributed by atoms with Crippen LogP contribution in [0.4, 0.5) is 0 Å². The van der Waals surface area contributed by atoms with E-state index in [2.05, 4.69) is 125 Å². The van der Waals surface area contributed by atoms with Crippen molar-refractivity contribution in [3.8, 4) is 34.3 Å². The molecule has 0 saturated heterocycles. The van der Waals surface area contributed by atoms with Crippen molar-refractivity contribution in [2.24, 2.45) is 10.8 Å². The largest absolute Gasteiger partial charge is 0.507 e. The Labute approximate surface area is 308 Å². The van der Waals surface area contributed by atoms with E-state index in [-0.39, 0.29) is 28.1 Å². The Hall–Kier alpha value is -3.93. The van der Waals surface area contributed by atoms with Crippen LogP contribution in [0, 0.1) is 16.7 Å². The summed E-state index contributed by atoms with van der Waals surface area (Å²) in [6.45, 7) is 37.1. The zero-order valence-electron chi connectivity index (χ0n) is 34.6. The summed E-state index contributed by atoms with van der Waals surface area (Å²) >= 11 is 0. The Morgan fingerprint density at radius 1 is 0.529 bits per heavy atom. The molecule has 0 unspecified atom stereocenters. The van der Waals surface area contributed by atoms with Crippen LogP contribution >= 0.6 is 0 Å². The van der Waals surface area contributed by atoms with Gasteiger partial charge in [-0.15, -0.1) is 0 Å². The normalized spacial score (nSPS) is 15.3. The molecule has 4 rings (SSSR count). The van der Waals surface area contributed by atoms with E-state index in [1.165, 1.54) is 0 Å². The van der Waals surface area contributed by atoms with Gasteiger partial charge >= 0.3 is 0 Å². The molecule has 1 aromatic heterocycles. The maximum Gasteiger partial charge on any atom is 0.291 e. The summed E-state index contributed by atoms with van der Waals surface area (Å²) in [6.07, 6.45) is 3.86. The summed E-state index contributed by atoms with van der Waals surface area (Å²) in [7, 11) is 0. The Balaban J connectivity index is 2.20. The lowest BCUT2D eigenvalue weighted by Crippen LogP contribution is -2.32. The fourth-order valence-corrected chi connectivity index (χ4v) is 6.41. The summed E-state index contributed by atoms with van der Waals surface area (Å²) in [6, 6.07) is 7.83. The average molecular weight is 692 g/mol. The lowest BCUT2D eigenvalue weighted by atomic mass is 9.68. The number of allylic oxidation sites excluding steroid dienone is 4. The van der Waals surface area contributed by atoms with E-state index >= 15 is 0 Å². The molecule has 1 heterocycles. The quantitative estimate of drug-likeness (QED) is 0.276. The maximum absolute atomic E-state index is 13.9. The number of phenols is 1. The molecule has 0 fully saturated rings. The average Bonchev–Trinajstić information content (AvgIpc) is 2.93. The second-order valence-corrected chi connectivity index (χ2v) is 20.5. The monoisotopic (exact) mass is 691 g/mol. The molecule has 0 spiro atoms. The molecule has 6 nitrogen and oxygen atoms in total. The van der Waals surface area contributed by atoms with Gasteiger partial charge in [-0.2, -0.15) is 9.97 Å². The topological polar surface area (TPSA) is 95.9 Å². The Kier molecular flexibility index (Phi) is 9.87. The first kappa shape index (κ1) is 39.8. The number of phenolic OH excluding ortho intramolecular Hbond substituents is 1. The minimum Gasteiger partial charge on any atom is -0.507 e. The van der Waals surface area contributed by atoms with Gasteiger partial charge in [0.1, 0.15) is 22.8 Å². The minimum atomic E-state index is -0.418. The van der Waals surface area contributed by atoms with E-state index in [1.54, 1.807) is 0 Å². The van der Waals surface area contributed by atoms with Gasteiger partial charge in [-0.05, 0) is 87.5 Å². The van der Waals surface area contributed by atoms with Crippen molar-refractivity contribution < 1.29 is 15.0 Å². The molecule has 1 aliphatic carbocycles. The number of aromatic nitrogens is 3. The molecule has 6 heteroatoms. The molecule has 0 atom stereocenters. The van der Waals surface area contributed by atoms with Gasteiger partial charge in [0.05, 0.1) is 12.2 Å². The van der Waals surface area contributed by atoms with E-state index < -0.39 is 21.7 Å². The van der Waals surface area contributed by atoms with Crippen LogP contribution in [0.15, 0.2) is 42.0 Å². The van der Waals surface area contributed by atoms with Crippen LogP contribution in [0.3, 0.4) is 0 Å². The van der Waals surface area contributed by atoms with Crippen molar-refractivity contribution in [3.05, 3.63) is 76.0 Å². The molecule has 0 bridgehead atoms. The number of hydrogen-bond donors (Lipinski definition) is 1. The number of nitrogens with zero attached hydrogens (tertiary/aromatic N) is 3. The van der Waals surface area contributed by atoms with E-state index in [4.69, 9.17) is 15.0 Å². The van der Waals surface area contributed by atoms with Crippen molar-refractivity contribution in [2.75, 3.05) is 0 Å². The Bertz CT molecular complexity index is 1750. The third kappa shape index (κ3) is 8.26. The van der Waals surface area contributed by atoms with Gasteiger partial charge in [0.15, 0.2) is 17.4 Å². The number of rotatable bonds is 3. The summed E-state index contributed by atoms with van der Waals surface area (Å²) < 4.78 is 0. The maximum atomic E-state index is 13.9. The number of carbonyl (C=O) groups is 1. The second kappa shape index (κ2) is 12.6. The molecule has 1 N–H and O–H groups in total. The molecule has 273 valence electrons. The smallest absolute Gasteiger partial charge is 0.291 e. The van der Waals surface area contributed by atoms with Crippen LogP contribution in [0.2, 0.25) is 0 Å². The van der Waals surface area contributed by atoms with E-state index in [1.807, 2.05) is 36.4 Å². The van der Waals surface area contributed by atoms with Crippen molar-refractivity contribution >= 4 is 11.4 Å². The predicted molar refractivity (Wildman–Crippen MR) is 211 cm³/mol. The van der Waals surface area contributed by atoms with Crippen molar-refractivity contribution in [1.82, 2.24) is 15.0 Å². The molecule has 2 aromatic carbocycles. The molecular weight excluding hydrogens is 631 g/mol. The Morgan fingerprint density at radius 2 is 0.882 bits per heavy atom. The highest BCUT2D eigenvalue weighted by Gasteiger charge is 2.46. The third-order valence-electron chi connectivity index (χ3n) is 9.55. The first-order valence-corrected chi connectivity index (χ1v) is 18.2. The van der Waals surface area contributed by atoms with E-state index in [0.717, 1.165) is 27.8 Å². The minimum absolute atomic E-state index is 0.0344. The first-order valence-electron chi connectivity index (χ1n) is 18.2. The van der Waals surface area contributed by atoms with Crippen LogP contribution < -0.4 is 0 Å². The molecular formula is C45H61N3O3+. The van der Waals surface area contributed by atoms with Crippen LogP contribution in [0.1, 0.15) is 153 Å². The van der Waals surface area contributed by atoms with E-state index in [0.29, 0.717) is 40.1 Å². The zero-order chi connectivity index (χ0) is 39.0. The Morgan fingerprint density at radius 3 is 1.22 bits per heavy atom. The van der Waals surface area contributed by atoms with Gasteiger partial charge in [0.2, 0.25) is 5.82 Å². The van der Waals surface area contributed by atoms with Gasteiger partial charge in [-0.3, -0.25) is 9.90 Å². The van der Waals surface area contributed by atoms with Crippen LogP contribution in [0.25, 0.3) is 28.3 Å². The predicted octanol–water partition coefficient (Wildman–Crippen LogP) is 11.8. The second-order valence-electron chi connectivity index (χ2n) is 20.5. The van der Waals surface area contributed by atoms with Gasteiger partial charge in [-0.1, -0.05) is 83.1 Å². The number of hydrogen-bond acceptors (Lipinski definition) is 5. The van der Waals surface area contributed by atoms with Crippen LogP contribution in [-0.2, 0) is 31.6 Å². The number of benzene rings is 2. The van der Waals surface area contributed by atoms with E-state index in [9.17, 15) is 15.0 Å².